The van der Waals surface area contributed by atoms with Crippen molar-refractivity contribution < 1.29 is 5.11 Å². The molecule has 1 saturated carbocycles. The fraction of sp³-hybridized carbons (Fsp3) is 1.00. The second-order valence-electron chi connectivity index (χ2n) is 4.82. The Kier molecular flexibility index (Phi) is 3.10. The predicted molar refractivity (Wildman–Crippen MR) is 57.3 cm³/mol. The molecule has 2 fully saturated rings. The van der Waals surface area contributed by atoms with E-state index in [4.69, 9.17) is 0 Å². The van der Waals surface area contributed by atoms with Gasteiger partial charge in [0.15, 0.2) is 0 Å². The fourth-order valence-corrected chi connectivity index (χ4v) is 2.38. The summed E-state index contributed by atoms with van der Waals surface area (Å²) in [5, 5.41) is 13.0. The molecule has 1 unspecified atom stereocenters. The van der Waals surface area contributed by atoms with E-state index in [1.807, 2.05) is 0 Å². The van der Waals surface area contributed by atoms with Crippen molar-refractivity contribution in [3.8, 4) is 0 Å². The molecule has 0 aromatic heterocycles. The number of rotatable bonds is 5. The summed E-state index contributed by atoms with van der Waals surface area (Å²) in [7, 11) is 0. The second kappa shape index (κ2) is 4.17. The van der Waals surface area contributed by atoms with Crippen LogP contribution in [0.4, 0.5) is 0 Å². The van der Waals surface area contributed by atoms with Gasteiger partial charge in [-0.25, -0.2) is 0 Å². The molecule has 0 bridgehead atoms. The molecule has 2 N–H and O–H groups in total. The Labute approximate surface area is 86.5 Å². The van der Waals surface area contributed by atoms with Gasteiger partial charge in [-0.2, -0.15) is 0 Å². The number of hydrogen-bond donors (Lipinski definition) is 2. The number of hydrogen-bond acceptors (Lipinski definition) is 3. The average molecular weight is 198 g/mol. The first kappa shape index (κ1) is 10.4. The molecule has 1 aliphatic carbocycles. The minimum absolute atomic E-state index is 0.0125. The molecule has 0 aromatic carbocycles. The number of nitrogens with one attached hydrogen (secondary N) is 1. The summed E-state index contributed by atoms with van der Waals surface area (Å²) in [6, 6.07) is 0.840. The molecule has 0 radical (unpaired) electrons. The molecule has 1 heterocycles. The van der Waals surface area contributed by atoms with Crippen LogP contribution in [0.5, 0.6) is 0 Å². The predicted octanol–water partition coefficient (Wildman–Crippen LogP) is 0.585. The van der Waals surface area contributed by atoms with Gasteiger partial charge in [-0.1, -0.05) is 6.92 Å². The normalized spacial score (nSPS) is 33.9. The van der Waals surface area contributed by atoms with E-state index >= 15 is 0 Å². The Hall–Kier alpha value is -0.120. The molecule has 0 spiro atoms. The highest BCUT2D eigenvalue weighted by Gasteiger charge is 2.42. The van der Waals surface area contributed by atoms with Crippen LogP contribution >= 0.6 is 0 Å². The molecule has 1 aliphatic heterocycles. The van der Waals surface area contributed by atoms with Gasteiger partial charge in [-0.15, -0.1) is 0 Å². The van der Waals surface area contributed by atoms with E-state index in [2.05, 4.69) is 17.1 Å². The average Bonchev–Trinajstić information content (AvgIpc) is 2.98. The van der Waals surface area contributed by atoms with Crippen molar-refractivity contribution in [3.05, 3.63) is 0 Å². The number of aliphatic hydroxyl groups excluding tert-OH is 1. The van der Waals surface area contributed by atoms with Gasteiger partial charge in [0.25, 0.3) is 0 Å². The monoisotopic (exact) mass is 198 g/mol. The molecule has 2 rings (SSSR count). The largest absolute Gasteiger partial charge is 0.394 e. The van der Waals surface area contributed by atoms with Crippen LogP contribution in [0.15, 0.2) is 0 Å². The highest BCUT2D eigenvalue weighted by Crippen LogP contribution is 2.33. The lowest BCUT2D eigenvalue weighted by Gasteiger charge is -2.28. The highest BCUT2D eigenvalue weighted by molar-refractivity contribution is 5.01. The van der Waals surface area contributed by atoms with Gasteiger partial charge in [0, 0.05) is 19.1 Å². The van der Waals surface area contributed by atoms with Gasteiger partial charge >= 0.3 is 0 Å². The molecule has 2 aliphatic rings. The maximum Gasteiger partial charge on any atom is 0.0626 e. The summed E-state index contributed by atoms with van der Waals surface area (Å²) in [6.07, 6.45) is 5.00. The minimum Gasteiger partial charge on any atom is -0.394 e. The zero-order valence-electron chi connectivity index (χ0n) is 9.13. The maximum absolute atomic E-state index is 9.47. The van der Waals surface area contributed by atoms with Crippen molar-refractivity contribution >= 4 is 0 Å². The highest BCUT2D eigenvalue weighted by atomic mass is 16.3. The Morgan fingerprint density at radius 2 is 2.29 bits per heavy atom. The van der Waals surface area contributed by atoms with E-state index in [1.54, 1.807) is 0 Å². The molecular weight excluding hydrogens is 176 g/mol. The topological polar surface area (TPSA) is 35.5 Å². The lowest BCUT2D eigenvalue weighted by Crippen LogP contribution is -2.51. The van der Waals surface area contributed by atoms with Gasteiger partial charge in [0.1, 0.15) is 0 Å². The second-order valence-corrected chi connectivity index (χ2v) is 4.82. The molecule has 1 atom stereocenters. The number of nitrogens with zero attached hydrogens (tertiary/aromatic N) is 1. The van der Waals surface area contributed by atoms with Crippen LogP contribution in [0.3, 0.4) is 0 Å². The van der Waals surface area contributed by atoms with Gasteiger partial charge in [-0.05, 0) is 32.2 Å². The maximum atomic E-state index is 9.47. The summed E-state index contributed by atoms with van der Waals surface area (Å²) in [6.45, 7) is 5.71. The van der Waals surface area contributed by atoms with Gasteiger partial charge in [0.2, 0.25) is 0 Å². The zero-order chi connectivity index (χ0) is 10.0. The zero-order valence-corrected chi connectivity index (χ0v) is 9.13. The van der Waals surface area contributed by atoms with Crippen LogP contribution in [0.2, 0.25) is 0 Å². The van der Waals surface area contributed by atoms with Crippen molar-refractivity contribution in [2.24, 2.45) is 0 Å². The SMILES string of the molecule is CCCNC1(CO)CCN(C2CC2)C1. The summed E-state index contributed by atoms with van der Waals surface area (Å²) in [5.74, 6) is 0. The van der Waals surface area contributed by atoms with Crippen LogP contribution < -0.4 is 5.32 Å². The smallest absolute Gasteiger partial charge is 0.0626 e. The third kappa shape index (κ3) is 2.10. The first-order valence-corrected chi connectivity index (χ1v) is 5.89. The Morgan fingerprint density at radius 3 is 2.86 bits per heavy atom. The van der Waals surface area contributed by atoms with Crippen LogP contribution in [0.25, 0.3) is 0 Å². The van der Waals surface area contributed by atoms with E-state index < -0.39 is 0 Å². The summed E-state index contributed by atoms with van der Waals surface area (Å²) >= 11 is 0. The van der Waals surface area contributed by atoms with Crippen molar-refractivity contribution in [2.45, 2.75) is 44.2 Å². The molecule has 0 amide bonds. The summed E-state index contributed by atoms with van der Waals surface area (Å²) in [5.41, 5.74) is 0.0125. The number of aliphatic hydroxyl groups is 1. The lowest BCUT2D eigenvalue weighted by molar-refractivity contribution is 0.159. The van der Waals surface area contributed by atoms with E-state index in [1.165, 1.54) is 19.4 Å². The fourth-order valence-electron chi connectivity index (χ4n) is 2.38. The van der Waals surface area contributed by atoms with E-state index in [0.29, 0.717) is 0 Å². The van der Waals surface area contributed by atoms with Crippen LogP contribution in [-0.4, -0.2) is 47.8 Å². The van der Waals surface area contributed by atoms with Gasteiger partial charge in [0.05, 0.1) is 12.1 Å². The molecule has 3 heteroatoms. The quantitative estimate of drug-likeness (QED) is 0.678. The summed E-state index contributed by atoms with van der Waals surface area (Å²) < 4.78 is 0. The van der Waals surface area contributed by atoms with Crippen LogP contribution in [0, 0.1) is 0 Å². The molecule has 0 aromatic rings. The first-order chi connectivity index (χ1) is 6.79. The van der Waals surface area contributed by atoms with Crippen LogP contribution in [-0.2, 0) is 0 Å². The summed E-state index contributed by atoms with van der Waals surface area (Å²) in [4.78, 5) is 2.54. The van der Waals surface area contributed by atoms with Crippen molar-refractivity contribution in [1.29, 1.82) is 0 Å². The number of likely N-dealkylation sites (tertiary alicyclic amines) is 1. The van der Waals surface area contributed by atoms with Crippen LogP contribution in [0.1, 0.15) is 32.6 Å². The molecule has 1 saturated heterocycles. The Bertz CT molecular complexity index is 194. The molecule has 3 nitrogen and oxygen atoms in total. The molecule has 14 heavy (non-hydrogen) atoms. The van der Waals surface area contributed by atoms with Gasteiger partial charge < -0.3 is 10.4 Å². The standard InChI is InChI=1S/C11H22N2O/c1-2-6-12-11(9-14)5-7-13(8-11)10-3-4-10/h10,12,14H,2-9H2,1H3. The third-order valence-electron chi connectivity index (χ3n) is 3.50. The third-order valence-corrected chi connectivity index (χ3v) is 3.50. The Morgan fingerprint density at radius 1 is 1.50 bits per heavy atom. The van der Waals surface area contributed by atoms with Crippen molar-refractivity contribution in [2.75, 3.05) is 26.2 Å². The van der Waals surface area contributed by atoms with Crippen molar-refractivity contribution in [1.82, 2.24) is 10.2 Å². The van der Waals surface area contributed by atoms with E-state index in [9.17, 15) is 5.11 Å². The van der Waals surface area contributed by atoms with Gasteiger partial charge in [-0.3, -0.25) is 4.90 Å². The van der Waals surface area contributed by atoms with E-state index in [0.717, 1.165) is 32.0 Å². The van der Waals surface area contributed by atoms with Crippen molar-refractivity contribution in [3.63, 3.8) is 0 Å². The minimum atomic E-state index is 0.0125. The lowest BCUT2D eigenvalue weighted by atomic mass is 10.00. The molecular formula is C11H22N2O. The first-order valence-electron chi connectivity index (χ1n) is 5.89. The van der Waals surface area contributed by atoms with E-state index in [-0.39, 0.29) is 12.1 Å². The molecule has 82 valence electrons. The Balaban J connectivity index is 1.86.